The Hall–Kier alpha value is -4.34. The van der Waals surface area contributed by atoms with E-state index in [2.05, 4.69) is 39.5 Å². The summed E-state index contributed by atoms with van der Waals surface area (Å²) >= 11 is 11.5. The normalized spacial score (nSPS) is 25.3. The van der Waals surface area contributed by atoms with Gasteiger partial charge in [0.05, 0.1) is 62.6 Å². The van der Waals surface area contributed by atoms with Gasteiger partial charge in [-0.05, 0) is 67.0 Å². The first kappa shape index (κ1) is 45.7. The minimum Gasteiger partial charge on any atom is -0.493 e. The number of benzene rings is 3. The number of halogens is 2. The Morgan fingerprint density at radius 2 is 1.68 bits per heavy atom. The minimum atomic E-state index is -4.12. The van der Waals surface area contributed by atoms with Gasteiger partial charge < -0.3 is 38.7 Å². The second-order valence-electron chi connectivity index (χ2n) is 15.5. The average molecular weight is 939 g/mol. The molecule has 17 nitrogen and oxygen atoms in total. The Balaban J connectivity index is 0.000000242. The molecule has 1 aliphatic carbocycles. The van der Waals surface area contributed by atoms with E-state index in [4.69, 9.17) is 56.8 Å². The molecule has 8 rings (SSSR count). The number of hydrogen-bond acceptors (Lipinski definition) is 14. The molecule has 4 N–H and O–H groups in total. The highest BCUT2D eigenvalue weighted by Gasteiger charge is 2.54. The molecule has 7 atom stereocenters. The topological polar surface area (TPSA) is 218 Å². The summed E-state index contributed by atoms with van der Waals surface area (Å²) in [5.41, 5.74) is 4.20. The first-order chi connectivity index (χ1) is 29.5. The van der Waals surface area contributed by atoms with Crippen LogP contribution in [0.5, 0.6) is 17.2 Å². The Kier molecular flexibility index (Phi) is 13.3. The number of aromatic nitrogens is 1. The van der Waals surface area contributed by atoms with Crippen molar-refractivity contribution in [3.05, 3.63) is 70.4 Å². The molecule has 0 bridgehead atoms. The molecule has 4 heterocycles. The zero-order valence-electron chi connectivity index (χ0n) is 34.8. The highest BCUT2D eigenvalue weighted by molar-refractivity contribution is 7.90. The molecule has 1 aromatic heterocycles. The fourth-order valence-corrected chi connectivity index (χ4v) is 12.4. The molecule has 1 saturated heterocycles. The van der Waals surface area contributed by atoms with Crippen molar-refractivity contribution in [2.75, 3.05) is 66.9 Å². The predicted molar refractivity (Wildman–Crippen MR) is 230 cm³/mol. The molecule has 1 saturated carbocycles. The van der Waals surface area contributed by atoms with Crippen LogP contribution in [0, 0.1) is 17.8 Å². The van der Waals surface area contributed by atoms with Crippen LogP contribution in [0.15, 0.2) is 58.3 Å². The van der Waals surface area contributed by atoms with Crippen LogP contribution in [0.4, 0.5) is 5.69 Å². The quantitative estimate of drug-likeness (QED) is 0.152. The van der Waals surface area contributed by atoms with E-state index in [-0.39, 0.29) is 50.9 Å². The first-order valence-corrected chi connectivity index (χ1v) is 23.5. The van der Waals surface area contributed by atoms with E-state index in [1.54, 1.807) is 19.2 Å². The third-order valence-electron chi connectivity index (χ3n) is 12.4. The summed E-state index contributed by atoms with van der Waals surface area (Å²) in [6, 6.07) is 13.9. The number of piperidine rings is 1. The van der Waals surface area contributed by atoms with Gasteiger partial charge in [0.2, 0.25) is 25.8 Å². The molecule has 4 aromatic rings. The Morgan fingerprint density at radius 1 is 0.984 bits per heavy atom. The molecule has 2 fully saturated rings. The van der Waals surface area contributed by atoms with Crippen molar-refractivity contribution < 1.29 is 54.8 Å². The zero-order valence-corrected chi connectivity index (χ0v) is 38.0. The van der Waals surface area contributed by atoms with Gasteiger partial charge in [-0.25, -0.2) is 26.8 Å². The maximum atomic E-state index is 13.5. The lowest BCUT2D eigenvalue weighted by Crippen LogP contribution is -2.58. The van der Waals surface area contributed by atoms with Crippen molar-refractivity contribution in [3.63, 3.8) is 0 Å². The molecule has 0 spiro atoms. The number of alkyl halides is 1. The molecule has 336 valence electrons. The number of methoxy groups -OCH3 is 5. The number of aromatic amines is 1. The highest BCUT2D eigenvalue weighted by atomic mass is 35.5. The van der Waals surface area contributed by atoms with Gasteiger partial charge in [-0.1, -0.05) is 29.8 Å². The summed E-state index contributed by atoms with van der Waals surface area (Å²) < 4.78 is 82.0. The monoisotopic (exact) mass is 937 g/mol. The van der Waals surface area contributed by atoms with Crippen LogP contribution in [0.25, 0.3) is 10.9 Å². The number of nitrogens with zero attached hydrogens (tertiary/aromatic N) is 2. The maximum absolute atomic E-state index is 13.5. The molecular formula is C41H49Cl2N5O12S2. The van der Waals surface area contributed by atoms with Gasteiger partial charge in [0, 0.05) is 43.8 Å². The average Bonchev–Trinajstić information content (AvgIpc) is 3.64. The number of rotatable bonds is 9. The number of esters is 2. The van der Waals surface area contributed by atoms with Crippen molar-refractivity contribution in [2.45, 2.75) is 53.5 Å². The number of sulfonamides is 2. The maximum Gasteiger partial charge on any atom is 0.338 e. The van der Waals surface area contributed by atoms with E-state index >= 15 is 0 Å². The van der Waals surface area contributed by atoms with Crippen molar-refractivity contribution in [2.24, 2.45) is 22.9 Å². The van der Waals surface area contributed by atoms with E-state index in [0.29, 0.717) is 23.7 Å². The van der Waals surface area contributed by atoms with Gasteiger partial charge in [-0.3, -0.25) is 9.69 Å². The van der Waals surface area contributed by atoms with Gasteiger partial charge in [0.25, 0.3) is 0 Å². The molecule has 3 aromatic carbocycles. The molecule has 7 unspecified atom stereocenters. The molecule has 21 heteroatoms. The molecule has 4 aliphatic rings. The molecule has 0 radical (unpaired) electrons. The van der Waals surface area contributed by atoms with Crippen LogP contribution >= 0.6 is 23.2 Å². The second kappa shape index (κ2) is 18.0. The molecule has 3 aliphatic heterocycles. The zero-order chi connectivity index (χ0) is 44.8. The second-order valence-corrected chi connectivity index (χ2v) is 19.7. The summed E-state index contributed by atoms with van der Waals surface area (Å²) in [6.45, 7) is 1.74. The third kappa shape index (κ3) is 8.29. The lowest BCUT2D eigenvalue weighted by Gasteiger charge is -2.52. The lowest BCUT2D eigenvalue weighted by atomic mass is 9.63. The Morgan fingerprint density at radius 3 is 2.29 bits per heavy atom. The third-order valence-corrected chi connectivity index (χ3v) is 15.9. The predicted octanol–water partition coefficient (Wildman–Crippen LogP) is 4.76. The Bertz CT molecular complexity index is 2570. The van der Waals surface area contributed by atoms with Crippen LogP contribution in [0.2, 0.25) is 5.02 Å². The summed E-state index contributed by atoms with van der Waals surface area (Å²) in [4.78, 5) is 32.4. The molecule has 0 amide bonds. The molecule has 62 heavy (non-hydrogen) atoms. The number of hydrogen-bond donors (Lipinski definition) is 3. The van der Waals surface area contributed by atoms with E-state index < -0.39 is 55.2 Å². The fourth-order valence-electron chi connectivity index (χ4n) is 9.41. The number of anilines is 1. The van der Waals surface area contributed by atoms with Gasteiger partial charge in [0.15, 0.2) is 11.5 Å². The number of carbonyl (C=O) groups excluding carboxylic acids is 2. The summed E-state index contributed by atoms with van der Waals surface area (Å²) in [7, 11) is 0.792. The van der Waals surface area contributed by atoms with Crippen molar-refractivity contribution in [1.82, 2.24) is 14.2 Å². The smallest absolute Gasteiger partial charge is 0.338 e. The summed E-state index contributed by atoms with van der Waals surface area (Å²) in [6.07, 6.45) is 0.394. The highest BCUT2D eigenvalue weighted by Crippen LogP contribution is 2.51. The lowest BCUT2D eigenvalue weighted by molar-refractivity contribution is -0.176. The first-order valence-electron chi connectivity index (χ1n) is 19.6. The number of primary sulfonamides is 1. The van der Waals surface area contributed by atoms with Crippen molar-refractivity contribution in [3.8, 4) is 17.2 Å². The van der Waals surface area contributed by atoms with E-state index in [1.807, 2.05) is 0 Å². The number of nitrogens with one attached hydrogen (secondary N) is 2. The van der Waals surface area contributed by atoms with E-state index in [9.17, 15) is 26.4 Å². The number of H-pyrrole nitrogens is 1. The van der Waals surface area contributed by atoms with E-state index in [1.165, 1.54) is 58.2 Å². The number of para-hydroxylation sites is 1. The number of fused-ring (bicyclic) bond motifs is 7. The minimum absolute atomic E-state index is 0.0112. The summed E-state index contributed by atoms with van der Waals surface area (Å²) in [5, 5.41) is 8.99. The number of nitrogens with two attached hydrogens (primary N) is 1. The van der Waals surface area contributed by atoms with Gasteiger partial charge in [-0.2, -0.15) is 4.31 Å². The van der Waals surface area contributed by atoms with Crippen molar-refractivity contribution >= 4 is 71.8 Å². The Labute approximate surface area is 370 Å². The standard InChI is InChI=1S/C32H38N2O8.C9H11Cl2N3O4S2/c1-37-24-12-17(13-25(38-2)29(24)39-3)31(35)42-26-14-18-16-34-11-10-20-19-8-6-7-9-22(19)33-28(20)23(34)15-21(18)27(30(26)40-4)32(36)41-5;1-14-9(4-10)13-6-2-5(11)7(19(12,15)16)3-8(6)20(14,17)18/h6-9,12-13,18,21,23,26-27,30,33H,10-11,14-16H2,1-5H3;2-3,9,13H,4H2,1H3,(H2,12,15,16). The van der Waals surface area contributed by atoms with Crippen LogP contribution < -0.4 is 24.7 Å². The molecular weight excluding hydrogens is 890 g/mol. The van der Waals surface area contributed by atoms with Gasteiger partial charge in [0.1, 0.15) is 28.2 Å². The number of ether oxygens (including phenoxy) is 6. The van der Waals surface area contributed by atoms with Gasteiger partial charge in [-0.15, -0.1) is 11.6 Å². The number of carbonyl (C=O) groups is 2. The fraction of sp³-hybridized carbons (Fsp3) is 0.463. The van der Waals surface area contributed by atoms with E-state index in [0.717, 1.165) is 41.8 Å². The summed E-state index contributed by atoms with van der Waals surface area (Å²) in [5.74, 6) is -0.237. The van der Waals surface area contributed by atoms with Crippen LogP contribution in [-0.2, 0) is 45.5 Å². The van der Waals surface area contributed by atoms with Crippen molar-refractivity contribution in [1.29, 1.82) is 0 Å². The van der Waals surface area contributed by atoms with Crippen LogP contribution in [0.1, 0.15) is 40.5 Å². The van der Waals surface area contributed by atoms with Crippen LogP contribution in [0.3, 0.4) is 0 Å². The van der Waals surface area contributed by atoms with Gasteiger partial charge >= 0.3 is 11.9 Å². The van der Waals surface area contributed by atoms with Crippen LogP contribution in [-0.4, -0.2) is 123 Å². The largest absolute Gasteiger partial charge is 0.493 e. The SMILES string of the molecule is CN1C(CCl)Nc2cc(Cl)c(S(N)(=O)=O)cc2S1(=O)=O.COC(=O)C1C2CC3c4[nH]c5ccccc5c4CCN3CC2CC(OC(=O)c2cc(OC)c(OC)c(OC)c2)C1OC.